The standard InChI is InChI=1S/C14H10N4O3S2/c1-8-15-12(7-22-8)13(19)17-14-16-11(6-23-14)9-3-2-4-10(5-9)18(20)21/h2-7H,1H3,(H,16,17,19). The molecule has 2 heterocycles. The molecule has 0 saturated carbocycles. The van der Waals surface area contributed by atoms with Crippen molar-refractivity contribution < 1.29 is 9.72 Å². The third-order valence-corrected chi connectivity index (χ3v) is 4.46. The van der Waals surface area contributed by atoms with E-state index in [2.05, 4.69) is 15.3 Å². The molecule has 3 aromatic rings. The van der Waals surface area contributed by atoms with Crippen molar-refractivity contribution in [3.8, 4) is 11.3 Å². The highest BCUT2D eigenvalue weighted by molar-refractivity contribution is 7.14. The Kier molecular flexibility index (Phi) is 4.13. The first kappa shape index (κ1) is 15.3. The van der Waals surface area contributed by atoms with E-state index in [1.54, 1.807) is 22.9 Å². The lowest BCUT2D eigenvalue weighted by molar-refractivity contribution is -0.384. The lowest BCUT2D eigenvalue weighted by atomic mass is 10.1. The van der Waals surface area contributed by atoms with Crippen LogP contribution in [0.1, 0.15) is 15.5 Å². The number of aromatic nitrogens is 2. The summed E-state index contributed by atoms with van der Waals surface area (Å²) in [5.74, 6) is -0.325. The molecule has 1 aromatic carbocycles. The van der Waals surface area contributed by atoms with E-state index < -0.39 is 4.92 Å². The summed E-state index contributed by atoms with van der Waals surface area (Å²) in [5.41, 5.74) is 1.54. The smallest absolute Gasteiger partial charge is 0.276 e. The van der Waals surface area contributed by atoms with E-state index in [-0.39, 0.29) is 11.6 Å². The molecule has 9 heteroatoms. The van der Waals surface area contributed by atoms with Gasteiger partial charge in [-0.3, -0.25) is 20.2 Å². The van der Waals surface area contributed by atoms with E-state index >= 15 is 0 Å². The van der Waals surface area contributed by atoms with Crippen molar-refractivity contribution in [1.29, 1.82) is 0 Å². The van der Waals surface area contributed by atoms with E-state index in [1.807, 2.05) is 6.92 Å². The Hall–Kier alpha value is -2.65. The molecule has 1 N–H and O–H groups in total. The van der Waals surface area contributed by atoms with Crippen LogP contribution in [0.2, 0.25) is 0 Å². The Bertz CT molecular complexity index is 888. The Balaban J connectivity index is 1.79. The molecule has 0 saturated heterocycles. The molecule has 0 spiro atoms. The zero-order valence-corrected chi connectivity index (χ0v) is 13.5. The summed E-state index contributed by atoms with van der Waals surface area (Å²) in [6.45, 7) is 1.82. The summed E-state index contributed by atoms with van der Waals surface area (Å²) in [6, 6.07) is 6.20. The predicted molar refractivity (Wildman–Crippen MR) is 89.0 cm³/mol. The van der Waals surface area contributed by atoms with Gasteiger partial charge in [0.2, 0.25) is 0 Å². The Morgan fingerprint density at radius 2 is 2.09 bits per heavy atom. The minimum absolute atomic E-state index is 0.000895. The van der Waals surface area contributed by atoms with Crippen molar-refractivity contribution in [2.75, 3.05) is 5.32 Å². The van der Waals surface area contributed by atoms with Crippen LogP contribution < -0.4 is 5.32 Å². The van der Waals surface area contributed by atoms with E-state index in [1.165, 1.54) is 34.8 Å². The zero-order chi connectivity index (χ0) is 16.4. The quantitative estimate of drug-likeness (QED) is 0.573. The number of amides is 1. The third-order valence-electron chi connectivity index (χ3n) is 2.93. The highest BCUT2D eigenvalue weighted by Crippen LogP contribution is 2.27. The SMILES string of the molecule is Cc1nc(C(=O)Nc2nc(-c3cccc([N+](=O)[O-])c3)cs2)cs1. The normalized spacial score (nSPS) is 10.5. The van der Waals surface area contributed by atoms with Crippen molar-refractivity contribution in [3.05, 3.63) is 55.8 Å². The number of non-ortho nitro benzene ring substituents is 1. The lowest BCUT2D eigenvalue weighted by Crippen LogP contribution is -2.12. The van der Waals surface area contributed by atoms with E-state index in [0.717, 1.165) is 5.01 Å². The fourth-order valence-corrected chi connectivity index (χ4v) is 3.18. The predicted octanol–water partition coefficient (Wildman–Crippen LogP) is 3.74. The first-order chi connectivity index (χ1) is 11.0. The van der Waals surface area contributed by atoms with Crippen molar-refractivity contribution in [2.24, 2.45) is 0 Å². The van der Waals surface area contributed by atoms with Crippen LogP contribution in [0.3, 0.4) is 0 Å². The fourth-order valence-electron chi connectivity index (χ4n) is 1.87. The van der Waals surface area contributed by atoms with Crippen molar-refractivity contribution in [3.63, 3.8) is 0 Å². The largest absolute Gasteiger partial charge is 0.296 e. The number of thiazole rings is 2. The van der Waals surface area contributed by atoms with Gasteiger partial charge in [0.1, 0.15) is 5.69 Å². The van der Waals surface area contributed by atoms with Gasteiger partial charge < -0.3 is 0 Å². The van der Waals surface area contributed by atoms with Gasteiger partial charge in [-0.05, 0) is 6.92 Å². The number of nitrogens with one attached hydrogen (secondary N) is 1. The third kappa shape index (κ3) is 3.41. The number of rotatable bonds is 4. The summed E-state index contributed by atoms with van der Waals surface area (Å²) >= 11 is 2.65. The van der Waals surface area contributed by atoms with Gasteiger partial charge in [-0.15, -0.1) is 22.7 Å². The molecule has 116 valence electrons. The van der Waals surface area contributed by atoms with Crippen molar-refractivity contribution in [2.45, 2.75) is 6.92 Å². The molecule has 0 radical (unpaired) electrons. The second-order valence-electron chi connectivity index (χ2n) is 4.55. The van der Waals surface area contributed by atoms with Gasteiger partial charge >= 0.3 is 0 Å². The minimum atomic E-state index is -0.455. The van der Waals surface area contributed by atoms with E-state index in [9.17, 15) is 14.9 Å². The average molecular weight is 346 g/mol. The Morgan fingerprint density at radius 3 is 2.78 bits per heavy atom. The summed E-state index contributed by atoms with van der Waals surface area (Å²) in [5, 5.41) is 18.1. The fraction of sp³-hybridized carbons (Fsp3) is 0.0714. The van der Waals surface area contributed by atoms with Crippen LogP contribution in [-0.2, 0) is 0 Å². The van der Waals surface area contributed by atoms with Crippen LogP contribution in [0.15, 0.2) is 35.0 Å². The number of nitrogens with zero attached hydrogens (tertiary/aromatic N) is 3. The van der Waals surface area contributed by atoms with Gasteiger partial charge in [0.25, 0.3) is 11.6 Å². The molecule has 23 heavy (non-hydrogen) atoms. The van der Waals surface area contributed by atoms with Gasteiger partial charge in [-0.25, -0.2) is 9.97 Å². The van der Waals surface area contributed by atoms with Gasteiger partial charge in [-0.1, -0.05) is 12.1 Å². The van der Waals surface area contributed by atoms with Crippen LogP contribution in [0.5, 0.6) is 0 Å². The molecule has 2 aromatic heterocycles. The number of carbonyl (C=O) groups excluding carboxylic acids is 1. The van der Waals surface area contributed by atoms with Crippen LogP contribution in [0.4, 0.5) is 10.8 Å². The highest BCUT2D eigenvalue weighted by atomic mass is 32.1. The number of benzene rings is 1. The van der Waals surface area contributed by atoms with Gasteiger partial charge in [0.15, 0.2) is 5.13 Å². The molecule has 0 bridgehead atoms. The molecular formula is C14H10N4O3S2. The molecule has 7 nitrogen and oxygen atoms in total. The molecule has 3 rings (SSSR count). The van der Waals surface area contributed by atoms with Crippen molar-refractivity contribution >= 4 is 39.4 Å². The molecule has 0 atom stereocenters. The number of hydrogen-bond acceptors (Lipinski definition) is 7. The minimum Gasteiger partial charge on any atom is -0.296 e. The van der Waals surface area contributed by atoms with Crippen molar-refractivity contribution in [1.82, 2.24) is 9.97 Å². The highest BCUT2D eigenvalue weighted by Gasteiger charge is 2.13. The molecule has 1 amide bonds. The van der Waals surface area contributed by atoms with Crippen LogP contribution in [0, 0.1) is 17.0 Å². The summed E-state index contributed by atoms with van der Waals surface area (Å²) in [6.07, 6.45) is 0. The molecule has 0 fully saturated rings. The zero-order valence-electron chi connectivity index (χ0n) is 11.8. The molecular weight excluding hydrogens is 336 g/mol. The number of nitro groups is 1. The summed E-state index contributed by atoms with van der Waals surface area (Å²) in [7, 11) is 0. The van der Waals surface area contributed by atoms with Crippen LogP contribution in [-0.4, -0.2) is 20.8 Å². The molecule has 0 aliphatic heterocycles. The number of nitro benzene ring substituents is 1. The molecule has 0 aliphatic rings. The van der Waals surface area contributed by atoms with Gasteiger partial charge in [0, 0.05) is 28.5 Å². The van der Waals surface area contributed by atoms with E-state index in [4.69, 9.17) is 0 Å². The van der Waals surface area contributed by atoms with Gasteiger partial charge in [-0.2, -0.15) is 0 Å². The first-order valence-electron chi connectivity index (χ1n) is 6.47. The topological polar surface area (TPSA) is 98.0 Å². The maximum absolute atomic E-state index is 12.0. The summed E-state index contributed by atoms with van der Waals surface area (Å²) < 4.78 is 0. The van der Waals surface area contributed by atoms with Crippen LogP contribution >= 0.6 is 22.7 Å². The summed E-state index contributed by atoms with van der Waals surface area (Å²) in [4.78, 5) is 30.8. The second-order valence-corrected chi connectivity index (χ2v) is 6.47. The van der Waals surface area contributed by atoms with E-state index in [0.29, 0.717) is 22.1 Å². The number of hydrogen-bond donors (Lipinski definition) is 1. The number of anilines is 1. The lowest BCUT2D eigenvalue weighted by Gasteiger charge is -1.98. The van der Waals surface area contributed by atoms with Crippen LogP contribution in [0.25, 0.3) is 11.3 Å². The van der Waals surface area contributed by atoms with Gasteiger partial charge in [0.05, 0.1) is 15.6 Å². The Morgan fingerprint density at radius 1 is 1.26 bits per heavy atom. The number of aryl methyl sites for hydroxylation is 1. The number of carbonyl (C=O) groups is 1. The Labute approximate surface area is 138 Å². The maximum Gasteiger partial charge on any atom is 0.276 e. The first-order valence-corrected chi connectivity index (χ1v) is 8.22. The monoisotopic (exact) mass is 346 g/mol. The second kappa shape index (κ2) is 6.23. The average Bonchev–Trinajstić information content (AvgIpc) is 3.16. The molecule has 0 unspecified atom stereocenters. The maximum atomic E-state index is 12.0. The molecule has 0 aliphatic carbocycles.